The maximum absolute atomic E-state index is 13.3. The van der Waals surface area contributed by atoms with E-state index >= 15 is 0 Å². The zero-order chi connectivity index (χ0) is 30.2. The Bertz CT molecular complexity index is 1520. The second kappa shape index (κ2) is 6.60. The number of carbonyl (C=O) groups excluding carboxylic acids is 1. The van der Waals surface area contributed by atoms with E-state index < -0.39 is 111 Å². The van der Waals surface area contributed by atoms with Gasteiger partial charge in [-0.05, 0) is 12.5 Å². The van der Waals surface area contributed by atoms with Gasteiger partial charge in [0.15, 0.2) is 8.90 Å². The van der Waals surface area contributed by atoms with Crippen LogP contribution in [-0.2, 0) is 29.5 Å². The number of hydrogen-bond acceptors (Lipinski definition) is 6. The van der Waals surface area contributed by atoms with E-state index in [2.05, 4.69) is 4.18 Å². The summed E-state index contributed by atoms with van der Waals surface area (Å²) in [5.74, 6) is -4.90. The molecule has 0 bridgehead atoms. The van der Waals surface area contributed by atoms with Crippen molar-refractivity contribution in [1.29, 1.82) is 0 Å². The highest BCUT2D eigenvalue weighted by Crippen LogP contribution is 2.32. The maximum Gasteiger partial charge on any atom is 0.313 e. The minimum absolute atomic E-state index is 0.163. The van der Waals surface area contributed by atoms with E-state index in [1.807, 2.05) is 0 Å². The first-order valence-electron chi connectivity index (χ1n) is 13.4. The summed E-state index contributed by atoms with van der Waals surface area (Å²) in [6, 6.07) is -8.84. The molecule has 1 aliphatic heterocycles. The number of Topliss-reactive ketones (excluding diaryl/α,β-unsaturated/α-hetero) is 1. The van der Waals surface area contributed by atoms with Crippen LogP contribution in [0.4, 0.5) is 0 Å². The number of hydrogen-bond donors (Lipinski definition) is 1. The lowest BCUT2D eigenvalue weighted by Gasteiger charge is -2.10. The first kappa shape index (κ1) is 6.84. The molecule has 3 rings (SSSR count). The molecule has 7 heteroatoms. The molecule has 0 unspecified atom stereocenters. The Kier molecular flexibility index (Phi) is 1.81. The van der Waals surface area contributed by atoms with Gasteiger partial charge in [0.2, 0.25) is 17.4 Å². The standard InChI is InChI=1S/C18H17NO5S/c1-12-7-9-14(10-8-12)16-15(20)17(18(19)23-16)24-25(21,22)11-13-5-3-2-4-6-13/h2-10,16H,11,19H2,1H3/t16-/m0/s1/i2D,3D,4D,5D,6D,7D,8D,9D,10D,11D2,16D/hD2. The van der Waals surface area contributed by atoms with Crippen LogP contribution in [0.3, 0.4) is 0 Å². The van der Waals surface area contributed by atoms with Gasteiger partial charge in [0.1, 0.15) is 5.70 Å². The van der Waals surface area contributed by atoms with Crippen LogP contribution < -0.4 is 5.72 Å². The molecule has 0 fully saturated rings. The third-order valence-electron chi connectivity index (χ3n) is 2.70. The average Bonchev–Trinajstić information content (AvgIpc) is 3.09. The van der Waals surface area contributed by atoms with Gasteiger partial charge in [-0.1, -0.05) is 59.9 Å². The zero-order valence-corrected chi connectivity index (χ0v) is 13.2. The number of benzene rings is 2. The van der Waals surface area contributed by atoms with Crippen molar-refractivity contribution in [2.24, 2.45) is 5.72 Å². The second-order valence-electron chi connectivity index (χ2n) is 4.53. The number of rotatable bonds is 6. The minimum Gasteiger partial charge on any atom is -0.460 e. The molecule has 1 atom stereocenters. The van der Waals surface area contributed by atoms with E-state index in [-0.39, 0.29) is 5.56 Å². The van der Waals surface area contributed by atoms with Crippen molar-refractivity contribution >= 4 is 15.9 Å². The molecule has 0 aliphatic carbocycles. The molecule has 0 radical (unpaired) electrons. The largest absolute Gasteiger partial charge is 0.460 e. The summed E-state index contributed by atoms with van der Waals surface area (Å²) in [6.07, 6.45) is -3.32. The molecule has 0 amide bonds. The number of ether oxygens (including phenoxy) is 1. The van der Waals surface area contributed by atoms with E-state index in [0.29, 0.717) is 0 Å². The Morgan fingerprint density at radius 3 is 2.60 bits per heavy atom. The molecule has 1 heterocycles. The molecule has 25 heavy (non-hydrogen) atoms. The van der Waals surface area contributed by atoms with E-state index in [0.717, 1.165) is 0 Å². The molecule has 0 saturated heterocycles. The van der Waals surface area contributed by atoms with Gasteiger partial charge in [-0.3, -0.25) is 4.79 Å². The summed E-state index contributed by atoms with van der Waals surface area (Å²) in [5.41, 5.74) is -7.04. The molecule has 2 aromatic carbocycles. The van der Waals surface area contributed by atoms with Crippen LogP contribution >= 0.6 is 0 Å². The summed E-state index contributed by atoms with van der Waals surface area (Å²) >= 11 is 0. The SMILES string of the molecule is [2H]c1c([2H])c([2H])c(C([2H])([2H])S(=O)(=O)OC2=C(N([2H])[2H])O[C@@]([2H])(c3c([2H])c([2H])c(C)c([2H])c3[2H])C2=O)c([2H])c1[2H]. The van der Waals surface area contributed by atoms with Gasteiger partial charge in [-0.2, -0.15) is 8.42 Å². The van der Waals surface area contributed by atoms with E-state index in [9.17, 15) is 13.2 Å². The van der Waals surface area contributed by atoms with Crippen LogP contribution in [0.25, 0.3) is 0 Å². The molecule has 0 aromatic heterocycles. The molecular formula is C18H17NO5S. The fourth-order valence-corrected chi connectivity index (χ4v) is 2.43. The van der Waals surface area contributed by atoms with Gasteiger partial charge in [0, 0.05) is 5.56 Å². The Hall–Kier alpha value is -2.80. The van der Waals surface area contributed by atoms with E-state index in [1.54, 1.807) is 0 Å². The predicted molar refractivity (Wildman–Crippen MR) is 91.4 cm³/mol. The van der Waals surface area contributed by atoms with Crippen molar-refractivity contribution in [2.75, 3.05) is 0 Å². The van der Waals surface area contributed by atoms with Crippen LogP contribution in [0.5, 0.6) is 0 Å². The molecule has 6 nitrogen and oxygen atoms in total. The normalized spacial score (nSPS) is 28.8. The predicted octanol–water partition coefficient (Wildman–Crippen LogP) is 2.31. The van der Waals surface area contributed by atoms with Crippen LogP contribution in [0.1, 0.15) is 39.2 Å². The topological polar surface area (TPSA) is 95.7 Å². The summed E-state index contributed by atoms with van der Waals surface area (Å²) < 4.78 is 146. The summed E-state index contributed by atoms with van der Waals surface area (Å²) in [4.78, 5) is 13.3. The highest BCUT2D eigenvalue weighted by Gasteiger charge is 2.39. The second-order valence-corrected chi connectivity index (χ2v) is 5.81. The summed E-state index contributed by atoms with van der Waals surface area (Å²) in [6.45, 7) is 1.22. The molecule has 2 N–H and O–H groups in total. The van der Waals surface area contributed by atoms with Crippen molar-refractivity contribution in [3.63, 3.8) is 0 Å². The fourth-order valence-electron chi connectivity index (χ4n) is 1.67. The van der Waals surface area contributed by atoms with E-state index in [4.69, 9.17) is 24.0 Å². The first-order valence-corrected chi connectivity index (χ1v) is 7.90. The lowest BCUT2D eigenvalue weighted by atomic mass is 10.0. The smallest absolute Gasteiger partial charge is 0.313 e. The van der Waals surface area contributed by atoms with Gasteiger partial charge in [-0.15, -0.1) is 0 Å². The van der Waals surface area contributed by atoms with Gasteiger partial charge < -0.3 is 14.6 Å². The quantitative estimate of drug-likeness (QED) is 0.781. The Labute approximate surface area is 165 Å². The van der Waals surface area contributed by atoms with Gasteiger partial charge >= 0.3 is 10.1 Å². The fraction of sp³-hybridized carbons (Fsp3) is 0.167. The Morgan fingerprint density at radius 1 is 1.28 bits per heavy atom. The molecular weight excluding hydrogens is 342 g/mol. The van der Waals surface area contributed by atoms with E-state index in [1.165, 1.54) is 6.92 Å². The molecule has 0 spiro atoms. The molecule has 0 saturated carbocycles. The Balaban J connectivity index is 2.21. The van der Waals surface area contributed by atoms with Crippen molar-refractivity contribution in [1.82, 2.24) is 0 Å². The van der Waals surface area contributed by atoms with Gasteiger partial charge in [-0.25, -0.2) is 0 Å². The van der Waals surface area contributed by atoms with Crippen molar-refractivity contribution in [3.8, 4) is 0 Å². The van der Waals surface area contributed by atoms with Crippen LogP contribution in [0.15, 0.2) is 66.0 Å². The van der Waals surface area contributed by atoms with Gasteiger partial charge in [0.25, 0.3) is 0 Å². The van der Waals surface area contributed by atoms with Crippen molar-refractivity contribution in [3.05, 3.63) is 82.7 Å². The number of ketones is 1. The van der Waals surface area contributed by atoms with Crippen LogP contribution in [0, 0.1) is 6.92 Å². The number of nitrogens with two attached hydrogens (primary N) is 1. The van der Waals surface area contributed by atoms with Gasteiger partial charge in [0.05, 0.1) is 16.4 Å². The summed E-state index contributed by atoms with van der Waals surface area (Å²) in [7, 11) is -5.90. The monoisotopic (exact) mass is 373 g/mol. The lowest BCUT2D eigenvalue weighted by molar-refractivity contribution is -0.123. The highest BCUT2D eigenvalue weighted by atomic mass is 32.2. The zero-order valence-electron chi connectivity index (χ0n) is 26.4. The molecule has 1 aliphatic rings. The minimum atomic E-state index is -5.90. The van der Waals surface area contributed by atoms with Crippen LogP contribution in [0.2, 0.25) is 2.82 Å². The highest BCUT2D eigenvalue weighted by molar-refractivity contribution is 7.86. The van der Waals surface area contributed by atoms with Crippen LogP contribution in [-0.4, -0.2) is 14.2 Å². The number of carbonyl (C=O) groups is 1. The summed E-state index contributed by atoms with van der Waals surface area (Å²) in [5, 5.41) is 0. The first-order chi connectivity index (χ1) is 17.6. The third kappa shape index (κ3) is 3.83. The lowest BCUT2D eigenvalue weighted by Crippen LogP contribution is -2.16. The third-order valence-corrected chi connectivity index (χ3v) is 3.54. The molecule has 2 aromatic rings. The van der Waals surface area contributed by atoms with Crippen molar-refractivity contribution < 1.29 is 41.4 Å². The Morgan fingerprint density at radius 2 is 1.96 bits per heavy atom. The molecule has 130 valence electrons. The average molecular weight is 373 g/mol. The van der Waals surface area contributed by atoms with Crippen molar-refractivity contribution in [2.45, 2.75) is 18.7 Å². The maximum atomic E-state index is 13.3.